The van der Waals surface area contributed by atoms with Crippen LogP contribution in [0.3, 0.4) is 0 Å². The Labute approximate surface area is 128 Å². The molecular weight excluding hydrogens is 391 g/mol. The minimum atomic E-state index is -0.938. The highest BCUT2D eigenvalue weighted by molar-refractivity contribution is 14.1. The first-order valence-corrected chi connectivity index (χ1v) is 6.52. The number of ether oxygens (including phenoxy) is 1. The SMILES string of the molecule is Cl.O=[N+]([O-])c1cc(I)c(OC[C@@H]2CCCN2)c(F)n1. The molecule has 1 fully saturated rings. The largest absolute Gasteiger partial charge is 0.484 e. The summed E-state index contributed by atoms with van der Waals surface area (Å²) in [5.74, 6) is -1.47. The van der Waals surface area contributed by atoms with Crippen molar-refractivity contribution < 1.29 is 14.1 Å². The van der Waals surface area contributed by atoms with Gasteiger partial charge in [-0.2, -0.15) is 4.39 Å². The van der Waals surface area contributed by atoms with Crippen molar-refractivity contribution in [1.82, 2.24) is 10.3 Å². The van der Waals surface area contributed by atoms with Gasteiger partial charge in [0.25, 0.3) is 0 Å². The van der Waals surface area contributed by atoms with Crippen molar-refractivity contribution in [2.45, 2.75) is 18.9 Å². The van der Waals surface area contributed by atoms with E-state index in [2.05, 4.69) is 10.3 Å². The molecule has 9 heteroatoms. The van der Waals surface area contributed by atoms with Crippen molar-refractivity contribution in [1.29, 1.82) is 0 Å². The van der Waals surface area contributed by atoms with Gasteiger partial charge in [-0.05, 0) is 51.9 Å². The smallest absolute Gasteiger partial charge is 0.368 e. The van der Waals surface area contributed by atoms with E-state index in [0.29, 0.717) is 10.2 Å². The summed E-state index contributed by atoms with van der Waals surface area (Å²) in [6, 6.07) is 1.40. The van der Waals surface area contributed by atoms with Gasteiger partial charge in [0.2, 0.25) is 5.75 Å². The molecule has 1 aliphatic heterocycles. The summed E-state index contributed by atoms with van der Waals surface area (Å²) in [6.07, 6.45) is 2.06. The van der Waals surface area contributed by atoms with Gasteiger partial charge in [0.05, 0.1) is 9.64 Å². The van der Waals surface area contributed by atoms with Crippen LogP contribution in [-0.4, -0.2) is 29.1 Å². The highest BCUT2D eigenvalue weighted by atomic mass is 127. The maximum Gasteiger partial charge on any atom is 0.368 e. The third-order valence-corrected chi connectivity index (χ3v) is 3.45. The lowest BCUT2D eigenvalue weighted by molar-refractivity contribution is -0.390. The fraction of sp³-hybridized carbons (Fsp3) is 0.500. The fourth-order valence-corrected chi connectivity index (χ4v) is 2.42. The summed E-state index contributed by atoms with van der Waals surface area (Å²) in [5, 5.41) is 13.7. The van der Waals surface area contributed by atoms with Crippen LogP contribution in [0.2, 0.25) is 0 Å². The van der Waals surface area contributed by atoms with Crippen molar-refractivity contribution >= 4 is 40.8 Å². The van der Waals surface area contributed by atoms with E-state index in [4.69, 9.17) is 4.74 Å². The van der Waals surface area contributed by atoms with Crippen molar-refractivity contribution in [3.8, 4) is 5.75 Å². The van der Waals surface area contributed by atoms with Crippen molar-refractivity contribution in [2.75, 3.05) is 13.2 Å². The second kappa shape index (κ2) is 7.15. The Hall–Kier alpha value is -0.740. The monoisotopic (exact) mass is 403 g/mol. The van der Waals surface area contributed by atoms with E-state index in [-0.39, 0.29) is 24.2 Å². The zero-order valence-electron chi connectivity index (χ0n) is 9.77. The second-order valence-corrected chi connectivity index (χ2v) is 5.11. The molecule has 106 valence electrons. The molecule has 6 nitrogen and oxygen atoms in total. The Bertz CT molecular complexity index is 448. The van der Waals surface area contributed by atoms with E-state index in [9.17, 15) is 14.5 Å². The van der Waals surface area contributed by atoms with Crippen LogP contribution in [0.15, 0.2) is 6.07 Å². The van der Waals surface area contributed by atoms with Gasteiger partial charge in [0.1, 0.15) is 6.61 Å². The topological polar surface area (TPSA) is 77.3 Å². The number of nitro groups is 1. The third-order valence-electron chi connectivity index (χ3n) is 2.65. The van der Waals surface area contributed by atoms with Crippen LogP contribution in [-0.2, 0) is 0 Å². The molecule has 0 spiro atoms. The molecular formula is C10H12ClFIN3O3. The first-order chi connectivity index (χ1) is 8.58. The van der Waals surface area contributed by atoms with Gasteiger partial charge in [-0.3, -0.25) is 0 Å². The molecule has 19 heavy (non-hydrogen) atoms. The standard InChI is InChI=1S/C10H11FIN3O3.ClH/c11-10-9(18-5-6-2-1-3-13-6)7(12)4-8(14-10)15(16)17;/h4,6,13H,1-3,5H2;1H/t6-;/m0./s1. The van der Waals surface area contributed by atoms with Gasteiger partial charge in [0, 0.05) is 6.04 Å². The predicted molar refractivity (Wildman–Crippen MR) is 77.3 cm³/mol. The molecule has 1 aromatic heterocycles. The molecule has 2 heterocycles. The zero-order chi connectivity index (χ0) is 13.1. The highest BCUT2D eigenvalue weighted by Gasteiger charge is 2.22. The van der Waals surface area contributed by atoms with Gasteiger partial charge >= 0.3 is 11.8 Å². The van der Waals surface area contributed by atoms with Crippen molar-refractivity contribution in [2.24, 2.45) is 0 Å². The molecule has 1 aromatic rings. The molecule has 0 aromatic carbocycles. The van der Waals surface area contributed by atoms with Crippen molar-refractivity contribution in [3.05, 3.63) is 25.7 Å². The van der Waals surface area contributed by atoms with Crippen LogP contribution < -0.4 is 10.1 Å². The molecule has 0 aliphatic carbocycles. The number of pyridine rings is 1. The Morgan fingerprint density at radius 1 is 1.68 bits per heavy atom. The van der Waals surface area contributed by atoms with Crippen LogP contribution in [0.4, 0.5) is 10.2 Å². The quantitative estimate of drug-likeness (QED) is 0.361. The van der Waals surface area contributed by atoms with E-state index >= 15 is 0 Å². The van der Waals surface area contributed by atoms with E-state index in [1.54, 1.807) is 22.6 Å². The molecule has 2 rings (SSSR count). The molecule has 1 saturated heterocycles. The summed E-state index contributed by atoms with van der Waals surface area (Å²) in [5.41, 5.74) is 0. The molecule has 1 N–H and O–H groups in total. The van der Waals surface area contributed by atoms with Gasteiger partial charge < -0.3 is 20.2 Å². The van der Waals surface area contributed by atoms with Crippen molar-refractivity contribution in [3.63, 3.8) is 0 Å². The summed E-state index contributed by atoms with van der Waals surface area (Å²) in [6.45, 7) is 1.28. The first-order valence-electron chi connectivity index (χ1n) is 5.44. The fourth-order valence-electron chi connectivity index (χ4n) is 1.77. The Balaban J connectivity index is 0.00000180. The van der Waals surface area contributed by atoms with E-state index in [0.717, 1.165) is 19.4 Å². The number of hydrogen-bond acceptors (Lipinski definition) is 5. The number of hydrogen-bond donors (Lipinski definition) is 1. The lowest BCUT2D eigenvalue weighted by Crippen LogP contribution is -2.28. The summed E-state index contributed by atoms with van der Waals surface area (Å²) in [4.78, 5) is 13.0. The van der Waals surface area contributed by atoms with Crippen LogP contribution in [0.5, 0.6) is 5.75 Å². The minimum Gasteiger partial charge on any atom is -0.484 e. The van der Waals surface area contributed by atoms with Gasteiger partial charge in [-0.25, -0.2) is 0 Å². The van der Waals surface area contributed by atoms with E-state index < -0.39 is 16.7 Å². The van der Waals surface area contributed by atoms with E-state index in [1.165, 1.54) is 6.07 Å². The maximum atomic E-state index is 13.6. The molecule has 0 amide bonds. The Morgan fingerprint density at radius 3 is 2.95 bits per heavy atom. The normalized spacial score (nSPS) is 17.9. The average Bonchev–Trinajstić information content (AvgIpc) is 2.80. The zero-order valence-corrected chi connectivity index (χ0v) is 12.7. The number of nitrogens with zero attached hydrogens (tertiary/aromatic N) is 2. The van der Waals surface area contributed by atoms with Crippen LogP contribution in [0.25, 0.3) is 0 Å². The lowest BCUT2D eigenvalue weighted by atomic mass is 10.2. The Kier molecular flexibility index (Phi) is 6.14. The predicted octanol–water partition coefficient (Wildman–Crippen LogP) is 2.29. The van der Waals surface area contributed by atoms with Crippen LogP contribution >= 0.6 is 35.0 Å². The summed E-state index contributed by atoms with van der Waals surface area (Å²) < 4.78 is 19.3. The van der Waals surface area contributed by atoms with Gasteiger partial charge in [-0.1, -0.05) is 0 Å². The lowest BCUT2D eigenvalue weighted by Gasteiger charge is -2.12. The number of nitrogens with one attached hydrogen (secondary N) is 1. The summed E-state index contributed by atoms with van der Waals surface area (Å²) >= 11 is 1.80. The molecule has 0 radical (unpaired) electrons. The molecule has 1 aliphatic rings. The van der Waals surface area contributed by atoms with Gasteiger partial charge in [0.15, 0.2) is 0 Å². The van der Waals surface area contributed by atoms with Crippen LogP contribution in [0, 0.1) is 19.6 Å². The first kappa shape index (κ1) is 16.3. The Morgan fingerprint density at radius 2 is 2.42 bits per heavy atom. The second-order valence-electron chi connectivity index (χ2n) is 3.94. The molecule has 1 atom stereocenters. The summed E-state index contributed by atoms with van der Waals surface area (Å²) in [7, 11) is 0. The van der Waals surface area contributed by atoms with Gasteiger partial charge in [-0.15, -0.1) is 12.4 Å². The average molecular weight is 404 g/mol. The number of halogens is 3. The molecule has 0 saturated carbocycles. The van der Waals surface area contributed by atoms with E-state index in [1.807, 2.05) is 0 Å². The molecule has 0 unspecified atom stereocenters. The third kappa shape index (κ3) is 4.11. The highest BCUT2D eigenvalue weighted by Crippen LogP contribution is 2.27. The maximum absolute atomic E-state index is 13.6. The number of rotatable bonds is 4. The number of aromatic nitrogens is 1. The van der Waals surface area contributed by atoms with Crippen LogP contribution in [0.1, 0.15) is 12.8 Å². The minimum absolute atomic E-state index is 0. The molecule has 0 bridgehead atoms.